The Hall–Kier alpha value is -2.33. The highest BCUT2D eigenvalue weighted by molar-refractivity contribution is 6.00. The molecule has 104 valence electrons. The van der Waals surface area contributed by atoms with E-state index in [1.807, 2.05) is 62.5 Å². The lowest BCUT2D eigenvalue weighted by molar-refractivity contribution is 0.262. The Labute approximate surface area is 119 Å². The Morgan fingerprint density at radius 3 is 2.60 bits per heavy atom. The predicted octanol–water partition coefficient (Wildman–Crippen LogP) is 3.36. The fraction of sp³-hybridized carbons (Fsp3) is 0.188. The summed E-state index contributed by atoms with van der Waals surface area (Å²) in [4.78, 5) is 12.0. The number of benzene rings is 2. The summed E-state index contributed by atoms with van der Waals surface area (Å²) >= 11 is 0. The minimum atomic E-state index is -0.237. The lowest BCUT2D eigenvalue weighted by Gasteiger charge is -2.12. The van der Waals surface area contributed by atoms with E-state index in [4.69, 9.17) is 0 Å². The van der Waals surface area contributed by atoms with Gasteiger partial charge >= 0.3 is 6.03 Å². The third-order valence-electron chi connectivity index (χ3n) is 2.91. The van der Waals surface area contributed by atoms with E-state index in [0.717, 1.165) is 22.5 Å². The van der Waals surface area contributed by atoms with Gasteiger partial charge in [-0.05, 0) is 43.3 Å². The number of nitrogens with one attached hydrogen (secondary N) is 3. The van der Waals surface area contributed by atoms with Crippen molar-refractivity contribution < 1.29 is 4.79 Å². The van der Waals surface area contributed by atoms with Crippen molar-refractivity contribution in [2.45, 2.75) is 13.5 Å². The SMILES string of the molecule is CNCc1ccccc1NC(=O)Nc1cccc(C)c1. The summed E-state index contributed by atoms with van der Waals surface area (Å²) in [6.07, 6.45) is 0. The van der Waals surface area contributed by atoms with Crippen molar-refractivity contribution in [3.63, 3.8) is 0 Å². The Balaban J connectivity index is 2.05. The second-order valence-corrected chi connectivity index (χ2v) is 4.64. The smallest absolute Gasteiger partial charge is 0.316 e. The minimum absolute atomic E-state index is 0.237. The van der Waals surface area contributed by atoms with E-state index in [-0.39, 0.29) is 6.03 Å². The number of carbonyl (C=O) groups is 1. The summed E-state index contributed by atoms with van der Waals surface area (Å²) in [6.45, 7) is 2.70. The average molecular weight is 269 g/mol. The molecule has 0 spiro atoms. The number of urea groups is 1. The van der Waals surface area contributed by atoms with Crippen LogP contribution in [0.1, 0.15) is 11.1 Å². The highest BCUT2D eigenvalue weighted by Crippen LogP contribution is 2.16. The van der Waals surface area contributed by atoms with Crippen LogP contribution in [0.15, 0.2) is 48.5 Å². The quantitative estimate of drug-likeness (QED) is 0.797. The summed E-state index contributed by atoms with van der Waals surface area (Å²) in [5.74, 6) is 0. The second kappa shape index (κ2) is 6.73. The third kappa shape index (κ3) is 3.83. The van der Waals surface area contributed by atoms with E-state index in [2.05, 4.69) is 16.0 Å². The number of rotatable bonds is 4. The van der Waals surface area contributed by atoms with Gasteiger partial charge in [0, 0.05) is 17.9 Å². The summed E-state index contributed by atoms with van der Waals surface area (Å²) in [5, 5.41) is 8.79. The van der Waals surface area contributed by atoms with E-state index in [1.165, 1.54) is 0 Å². The predicted molar refractivity (Wildman–Crippen MR) is 83.0 cm³/mol. The van der Waals surface area contributed by atoms with E-state index in [1.54, 1.807) is 0 Å². The van der Waals surface area contributed by atoms with Crippen LogP contribution in [0.2, 0.25) is 0 Å². The molecule has 0 saturated carbocycles. The first-order valence-electron chi connectivity index (χ1n) is 6.56. The molecule has 0 aliphatic rings. The summed E-state index contributed by atoms with van der Waals surface area (Å²) in [5.41, 5.74) is 3.76. The third-order valence-corrected chi connectivity index (χ3v) is 2.91. The van der Waals surface area contributed by atoms with Gasteiger partial charge in [0.25, 0.3) is 0 Å². The van der Waals surface area contributed by atoms with Gasteiger partial charge in [0.15, 0.2) is 0 Å². The van der Waals surface area contributed by atoms with Crippen molar-refractivity contribution in [3.05, 3.63) is 59.7 Å². The van der Waals surface area contributed by atoms with Crippen LogP contribution >= 0.6 is 0 Å². The molecule has 2 aromatic carbocycles. The maximum absolute atomic E-state index is 12.0. The van der Waals surface area contributed by atoms with Crippen LogP contribution in [0.25, 0.3) is 0 Å². The molecule has 20 heavy (non-hydrogen) atoms. The Kier molecular flexibility index (Phi) is 4.74. The van der Waals surface area contributed by atoms with Gasteiger partial charge in [-0.25, -0.2) is 4.79 Å². The number of carbonyl (C=O) groups excluding carboxylic acids is 1. The molecule has 0 bridgehead atoms. The van der Waals surface area contributed by atoms with Crippen LogP contribution in [-0.2, 0) is 6.54 Å². The second-order valence-electron chi connectivity index (χ2n) is 4.64. The number of hydrogen-bond donors (Lipinski definition) is 3. The van der Waals surface area contributed by atoms with Crippen molar-refractivity contribution in [3.8, 4) is 0 Å². The van der Waals surface area contributed by atoms with Gasteiger partial charge in [-0.3, -0.25) is 0 Å². The zero-order valence-electron chi connectivity index (χ0n) is 11.7. The van der Waals surface area contributed by atoms with Crippen molar-refractivity contribution in [2.75, 3.05) is 17.7 Å². The van der Waals surface area contributed by atoms with Gasteiger partial charge in [0.05, 0.1) is 0 Å². The number of para-hydroxylation sites is 1. The van der Waals surface area contributed by atoms with Gasteiger partial charge < -0.3 is 16.0 Å². The molecule has 2 rings (SSSR count). The molecular weight excluding hydrogens is 250 g/mol. The fourth-order valence-corrected chi connectivity index (χ4v) is 1.99. The summed E-state index contributed by atoms with van der Waals surface area (Å²) in [6, 6.07) is 15.2. The molecule has 4 nitrogen and oxygen atoms in total. The molecule has 0 unspecified atom stereocenters. The Morgan fingerprint density at radius 2 is 1.85 bits per heavy atom. The number of hydrogen-bond acceptors (Lipinski definition) is 2. The summed E-state index contributed by atoms with van der Waals surface area (Å²) < 4.78 is 0. The highest BCUT2D eigenvalue weighted by Gasteiger charge is 2.06. The van der Waals surface area contributed by atoms with E-state index in [9.17, 15) is 4.79 Å². The van der Waals surface area contributed by atoms with E-state index in [0.29, 0.717) is 6.54 Å². The van der Waals surface area contributed by atoms with Crippen LogP contribution in [0.4, 0.5) is 16.2 Å². The van der Waals surface area contributed by atoms with Crippen molar-refractivity contribution in [1.29, 1.82) is 0 Å². The molecule has 0 aliphatic heterocycles. The van der Waals surface area contributed by atoms with E-state index >= 15 is 0 Å². The molecule has 3 N–H and O–H groups in total. The first-order chi connectivity index (χ1) is 9.69. The Morgan fingerprint density at radius 1 is 1.05 bits per heavy atom. The summed E-state index contributed by atoms with van der Waals surface area (Å²) in [7, 11) is 1.88. The van der Waals surface area contributed by atoms with Crippen molar-refractivity contribution >= 4 is 17.4 Å². The lowest BCUT2D eigenvalue weighted by atomic mass is 10.2. The van der Waals surface area contributed by atoms with Crippen LogP contribution < -0.4 is 16.0 Å². The van der Waals surface area contributed by atoms with Gasteiger partial charge in [-0.15, -0.1) is 0 Å². The van der Waals surface area contributed by atoms with Crippen LogP contribution in [0.3, 0.4) is 0 Å². The van der Waals surface area contributed by atoms with Crippen molar-refractivity contribution in [1.82, 2.24) is 5.32 Å². The molecule has 0 heterocycles. The van der Waals surface area contributed by atoms with Gasteiger partial charge in [0.2, 0.25) is 0 Å². The highest BCUT2D eigenvalue weighted by atomic mass is 16.2. The van der Waals surface area contributed by atoms with Crippen LogP contribution in [-0.4, -0.2) is 13.1 Å². The molecule has 0 saturated heterocycles. The lowest BCUT2D eigenvalue weighted by Crippen LogP contribution is -2.21. The standard InChI is InChI=1S/C16H19N3O/c1-12-6-5-8-14(10-12)18-16(20)19-15-9-4-3-7-13(15)11-17-2/h3-10,17H,11H2,1-2H3,(H2,18,19,20). The molecule has 4 heteroatoms. The average Bonchev–Trinajstić information content (AvgIpc) is 2.41. The molecular formula is C16H19N3O. The van der Waals surface area contributed by atoms with Gasteiger partial charge in [-0.1, -0.05) is 30.3 Å². The molecule has 0 fully saturated rings. The van der Waals surface area contributed by atoms with Gasteiger partial charge in [-0.2, -0.15) is 0 Å². The molecule has 2 aromatic rings. The molecule has 0 aliphatic carbocycles. The monoisotopic (exact) mass is 269 g/mol. The maximum Gasteiger partial charge on any atom is 0.323 e. The topological polar surface area (TPSA) is 53.2 Å². The molecule has 0 atom stereocenters. The van der Waals surface area contributed by atoms with Crippen LogP contribution in [0, 0.1) is 6.92 Å². The zero-order chi connectivity index (χ0) is 14.4. The molecule has 2 amide bonds. The number of anilines is 2. The minimum Gasteiger partial charge on any atom is -0.316 e. The zero-order valence-corrected chi connectivity index (χ0v) is 11.7. The normalized spacial score (nSPS) is 10.1. The molecule has 0 radical (unpaired) electrons. The van der Waals surface area contributed by atoms with E-state index < -0.39 is 0 Å². The van der Waals surface area contributed by atoms with Gasteiger partial charge in [0.1, 0.15) is 0 Å². The number of amides is 2. The fourth-order valence-electron chi connectivity index (χ4n) is 1.99. The molecule has 0 aromatic heterocycles. The maximum atomic E-state index is 12.0. The first kappa shape index (κ1) is 14.1. The van der Waals surface area contributed by atoms with Crippen molar-refractivity contribution in [2.24, 2.45) is 0 Å². The van der Waals surface area contributed by atoms with Crippen LogP contribution in [0.5, 0.6) is 0 Å². The first-order valence-corrected chi connectivity index (χ1v) is 6.56. The Bertz CT molecular complexity index is 596. The largest absolute Gasteiger partial charge is 0.323 e. The number of aryl methyl sites for hydroxylation is 1.